The first kappa shape index (κ1) is 14.6. The fraction of sp³-hybridized carbons (Fsp3) is 0.462. The average Bonchev–Trinajstić information content (AvgIpc) is 2.62. The predicted molar refractivity (Wildman–Crippen MR) is 70.9 cm³/mol. The quantitative estimate of drug-likeness (QED) is 0.902. The number of fused-ring (bicyclic) bond motifs is 1. The molecule has 0 amide bonds. The molecule has 2 rings (SSSR count). The number of hydrogen-bond donors (Lipinski definition) is 1. The van der Waals surface area contributed by atoms with Gasteiger partial charge in [0.25, 0.3) is 0 Å². The van der Waals surface area contributed by atoms with E-state index in [1.54, 1.807) is 6.07 Å². The molecule has 0 bridgehead atoms. The number of carboxylic acid groups (broad SMARTS) is 1. The number of carboxylic acids is 1. The molecule has 1 unspecified atom stereocenters. The van der Waals surface area contributed by atoms with Crippen LogP contribution in [0.5, 0.6) is 11.5 Å². The summed E-state index contributed by atoms with van der Waals surface area (Å²) in [6.07, 6.45) is 0.729. The third kappa shape index (κ3) is 3.22. The van der Waals surface area contributed by atoms with Gasteiger partial charge in [-0.1, -0.05) is 6.92 Å². The van der Waals surface area contributed by atoms with Crippen LogP contribution in [0.3, 0.4) is 0 Å². The summed E-state index contributed by atoms with van der Waals surface area (Å²) in [4.78, 5) is 10.8. The van der Waals surface area contributed by atoms with Crippen LogP contribution in [0.25, 0.3) is 0 Å². The van der Waals surface area contributed by atoms with Crippen LogP contribution in [-0.2, 0) is 14.6 Å². The fourth-order valence-corrected chi connectivity index (χ4v) is 3.39. The van der Waals surface area contributed by atoms with Gasteiger partial charge in [0.2, 0.25) is 0 Å². The second-order valence-corrected chi connectivity index (χ2v) is 6.71. The van der Waals surface area contributed by atoms with E-state index in [1.165, 1.54) is 19.1 Å². The first-order chi connectivity index (χ1) is 9.40. The summed E-state index contributed by atoms with van der Waals surface area (Å²) in [5.74, 6) is -1.65. The van der Waals surface area contributed by atoms with Gasteiger partial charge in [-0.05, 0) is 12.1 Å². The molecule has 20 heavy (non-hydrogen) atoms. The molecular formula is C13H16O6S. The number of carbonyl (C=O) groups is 1. The molecule has 0 aliphatic carbocycles. The topological polar surface area (TPSA) is 89.9 Å². The molecule has 0 aromatic heterocycles. The van der Waals surface area contributed by atoms with Gasteiger partial charge in [0.05, 0.1) is 29.8 Å². The van der Waals surface area contributed by atoms with Gasteiger partial charge in [-0.2, -0.15) is 0 Å². The van der Waals surface area contributed by atoms with Crippen molar-refractivity contribution in [3.05, 3.63) is 18.2 Å². The zero-order valence-electron chi connectivity index (χ0n) is 11.0. The maximum atomic E-state index is 12.2. The Bertz CT molecular complexity index is 607. The lowest BCUT2D eigenvalue weighted by Crippen LogP contribution is -2.21. The summed E-state index contributed by atoms with van der Waals surface area (Å²) in [6.45, 7) is 2.35. The van der Waals surface area contributed by atoms with Gasteiger partial charge < -0.3 is 14.6 Å². The van der Waals surface area contributed by atoms with Crippen molar-refractivity contribution < 1.29 is 27.8 Å². The molecule has 1 aliphatic rings. The normalized spacial score (nSPS) is 16.2. The smallest absolute Gasteiger partial charge is 0.307 e. The Labute approximate surface area is 117 Å². The van der Waals surface area contributed by atoms with Crippen LogP contribution in [0.2, 0.25) is 0 Å². The van der Waals surface area contributed by atoms with Crippen molar-refractivity contribution in [3.63, 3.8) is 0 Å². The van der Waals surface area contributed by atoms with E-state index in [0.717, 1.165) is 6.42 Å². The summed E-state index contributed by atoms with van der Waals surface area (Å²) in [7, 11) is -3.67. The lowest BCUT2D eigenvalue weighted by molar-refractivity contribution is -0.140. The van der Waals surface area contributed by atoms with Crippen LogP contribution in [0, 0.1) is 5.92 Å². The van der Waals surface area contributed by atoms with Gasteiger partial charge >= 0.3 is 5.97 Å². The van der Waals surface area contributed by atoms with Crippen molar-refractivity contribution in [1.29, 1.82) is 0 Å². The van der Waals surface area contributed by atoms with Crippen molar-refractivity contribution >= 4 is 15.8 Å². The zero-order chi connectivity index (χ0) is 14.8. The summed E-state index contributed by atoms with van der Waals surface area (Å²) in [5, 5.41) is 8.81. The third-order valence-electron chi connectivity index (χ3n) is 2.97. The van der Waals surface area contributed by atoms with Crippen molar-refractivity contribution in [2.45, 2.75) is 18.2 Å². The Kier molecular flexibility index (Phi) is 4.17. The van der Waals surface area contributed by atoms with E-state index in [4.69, 9.17) is 14.6 Å². The largest absolute Gasteiger partial charge is 0.490 e. The summed E-state index contributed by atoms with van der Waals surface area (Å²) >= 11 is 0. The number of aliphatic carboxylic acids is 1. The summed E-state index contributed by atoms with van der Waals surface area (Å²) in [5.41, 5.74) is 0. The van der Waals surface area contributed by atoms with Gasteiger partial charge in [0.15, 0.2) is 21.3 Å². The molecule has 0 spiro atoms. The van der Waals surface area contributed by atoms with Crippen LogP contribution in [0.15, 0.2) is 23.1 Å². The Morgan fingerprint density at radius 1 is 1.30 bits per heavy atom. The average molecular weight is 300 g/mol. The van der Waals surface area contributed by atoms with Gasteiger partial charge in [-0.25, -0.2) is 8.42 Å². The highest BCUT2D eigenvalue weighted by Crippen LogP contribution is 2.32. The molecule has 1 N–H and O–H groups in total. The second-order valence-electron chi connectivity index (χ2n) is 4.68. The Morgan fingerprint density at radius 2 is 1.95 bits per heavy atom. The van der Waals surface area contributed by atoms with Crippen molar-refractivity contribution in [2.24, 2.45) is 5.92 Å². The van der Waals surface area contributed by atoms with E-state index in [-0.39, 0.29) is 4.90 Å². The molecule has 0 fully saturated rings. The molecule has 6 nitrogen and oxygen atoms in total. The monoisotopic (exact) mass is 300 g/mol. The number of hydrogen-bond acceptors (Lipinski definition) is 5. The number of rotatable bonds is 4. The summed E-state index contributed by atoms with van der Waals surface area (Å²) in [6, 6.07) is 4.35. The van der Waals surface area contributed by atoms with E-state index in [2.05, 4.69) is 0 Å². The van der Waals surface area contributed by atoms with E-state index in [1.807, 2.05) is 0 Å². The molecule has 110 valence electrons. The van der Waals surface area contributed by atoms with Gasteiger partial charge in [-0.15, -0.1) is 0 Å². The lowest BCUT2D eigenvalue weighted by atomic mass is 10.2. The first-order valence-electron chi connectivity index (χ1n) is 6.25. The van der Waals surface area contributed by atoms with Gasteiger partial charge in [0.1, 0.15) is 0 Å². The maximum Gasteiger partial charge on any atom is 0.307 e. The number of benzene rings is 1. The van der Waals surface area contributed by atoms with Crippen LogP contribution in [-0.4, -0.2) is 38.5 Å². The lowest BCUT2D eigenvalue weighted by Gasteiger charge is -2.11. The van der Waals surface area contributed by atoms with Gasteiger partial charge in [-0.3, -0.25) is 4.79 Å². The predicted octanol–water partition coefficient (Wildman–Crippen LogP) is 1.34. The standard InChI is InChI=1S/C13H16O6S/c1-9(13(14)15)8-20(16,17)10-3-4-11-12(7-10)19-6-2-5-18-11/h3-4,7,9H,2,5-6,8H2,1H3,(H,14,15). The maximum absolute atomic E-state index is 12.2. The second kappa shape index (κ2) is 5.70. The van der Waals surface area contributed by atoms with Crippen LogP contribution < -0.4 is 9.47 Å². The van der Waals surface area contributed by atoms with Gasteiger partial charge in [0, 0.05) is 12.5 Å². The van der Waals surface area contributed by atoms with Crippen LogP contribution in [0.1, 0.15) is 13.3 Å². The molecule has 1 aliphatic heterocycles. The Hall–Kier alpha value is -1.76. The highest BCUT2D eigenvalue weighted by atomic mass is 32.2. The number of sulfone groups is 1. The molecule has 1 aromatic carbocycles. The van der Waals surface area contributed by atoms with Crippen LogP contribution >= 0.6 is 0 Å². The minimum atomic E-state index is -3.67. The van der Waals surface area contributed by atoms with Crippen LogP contribution in [0.4, 0.5) is 0 Å². The van der Waals surface area contributed by atoms with E-state index in [9.17, 15) is 13.2 Å². The zero-order valence-corrected chi connectivity index (χ0v) is 11.9. The van der Waals surface area contributed by atoms with Crippen molar-refractivity contribution in [2.75, 3.05) is 19.0 Å². The molecule has 7 heteroatoms. The molecule has 0 saturated carbocycles. The fourth-order valence-electron chi connectivity index (χ4n) is 1.83. The molecule has 1 atom stereocenters. The molecular weight excluding hydrogens is 284 g/mol. The molecule has 1 heterocycles. The molecule has 0 saturated heterocycles. The van der Waals surface area contributed by atoms with E-state index < -0.39 is 27.5 Å². The SMILES string of the molecule is CC(CS(=O)(=O)c1ccc2c(c1)OCCCO2)C(=O)O. The minimum Gasteiger partial charge on any atom is -0.490 e. The Balaban J connectivity index is 2.28. The third-order valence-corrected chi connectivity index (χ3v) is 4.88. The van der Waals surface area contributed by atoms with E-state index in [0.29, 0.717) is 24.7 Å². The summed E-state index contributed by atoms with van der Waals surface area (Å²) < 4.78 is 35.2. The number of ether oxygens (including phenoxy) is 2. The first-order valence-corrected chi connectivity index (χ1v) is 7.90. The van der Waals surface area contributed by atoms with Crippen molar-refractivity contribution in [1.82, 2.24) is 0 Å². The minimum absolute atomic E-state index is 0.0508. The highest BCUT2D eigenvalue weighted by Gasteiger charge is 2.24. The molecule has 1 aromatic rings. The van der Waals surface area contributed by atoms with E-state index >= 15 is 0 Å². The van der Waals surface area contributed by atoms with Crippen molar-refractivity contribution in [3.8, 4) is 11.5 Å². The Morgan fingerprint density at radius 3 is 2.60 bits per heavy atom. The highest BCUT2D eigenvalue weighted by molar-refractivity contribution is 7.91. The molecule has 0 radical (unpaired) electrons.